The Morgan fingerprint density at radius 3 is 2.54 bits per heavy atom. The molecule has 0 heterocycles. The molecule has 0 N–H and O–H groups in total. The van der Waals surface area contributed by atoms with Crippen LogP contribution in [0.3, 0.4) is 0 Å². The molecule has 1 aromatic carbocycles. The van der Waals surface area contributed by atoms with Gasteiger partial charge in [0.1, 0.15) is 0 Å². The van der Waals surface area contributed by atoms with Crippen LogP contribution in [0.5, 0.6) is 0 Å². The van der Waals surface area contributed by atoms with Gasteiger partial charge in [0.2, 0.25) is 0 Å². The quantitative estimate of drug-likeness (QED) is 0.621. The van der Waals surface area contributed by atoms with Gasteiger partial charge in [0.15, 0.2) is 0 Å². The summed E-state index contributed by atoms with van der Waals surface area (Å²) in [6, 6.07) is 10.7. The Hall–Kier alpha value is -0.430. The second-order valence-electron chi connectivity index (χ2n) is 3.20. The second kappa shape index (κ2) is 7.02. The number of aryl methyl sites for hydroxylation is 1. The van der Waals surface area contributed by atoms with Crippen LogP contribution >= 0.6 is 11.8 Å². The molecule has 13 heavy (non-hydrogen) atoms. The van der Waals surface area contributed by atoms with Crippen LogP contribution in [-0.4, -0.2) is 11.5 Å². The van der Waals surface area contributed by atoms with Crippen LogP contribution in [0.4, 0.5) is 0 Å². The van der Waals surface area contributed by atoms with Gasteiger partial charge in [0, 0.05) is 0 Å². The molecule has 1 rings (SSSR count). The maximum atomic E-state index is 2.25. The summed E-state index contributed by atoms with van der Waals surface area (Å²) in [5, 5.41) is 0. The summed E-state index contributed by atoms with van der Waals surface area (Å²) < 4.78 is 0. The van der Waals surface area contributed by atoms with Crippen LogP contribution in [0.25, 0.3) is 0 Å². The molecule has 0 nitrogen and oxygen atoms in total. The second-order valence-corrected chi connectivity index (χ2v) is 4.43. The van der Waals surface area contributed by atoms with Gasteiger partial charge in [-0.2, -0.15) is 11.8 Å². The number of hydrogen-bond acceptors (Lipinski definition) is 1. The number of unbranched alkanes of at least 4 members (excludes halogenated alkanes) is 1. The lowest BCUT2D eigenvalue weighted by molar-refractivity contribution is 0.895. The molecule has 0 aliphatic rings. The summed E-state index contributed by atoms with van der Waals surface area (Å²) in [6.45, 7) is 2.25. The third-order valence-electron chi connectivity index (χ3n) is 2.02. The van der Waals surface area contributed by atoms with E-state index in [-0.39, 0.29) is 0 Å². The molecule has 0 aromatic heterocycles. The third-order valence-corrected chi connectivity index (χ3v) is 3.09. The van der Waals surface area contributed by atoms with E-state index in [1.165, 1.54) is 36.3 Å². The van der Waals surface area contributed by atoms with E-state index in [0.29, 0.717) is 0 Å². The maximum Gasteiger partial charge on any atom is -0.00270 e. The molecule has 0 radical (unpaired) electrons. The molecule has 0 amide bonds. The lowest BCUT2D eigenvalue weighted by Crippen LogP contribution is -1.89. The van der Waals surface area contributed by atoms with Crippen LogP contribution in [0.1, 0.15) is 25.3 Å². The average Bonchev–Trinajstić information content (AvgIpc) is 2.19. The van der Waals surface area contributed by atoms with Crippen molar-refractivity contribution in [1.82, 2.24) is 0 Å². The molecule has 72 valence electrons. The molecular weight excluding hydrogens is 176 g/mol. The monoisotopic (exact) mass is 194 g/mol. The van der Waals surface area contributed by atoms with Gasteiger partial charge in [-0.1, -0.05) is 43.7 Å². The Morgan fingerprint density at radius 2 is 1.85 bits per heavy atom. The first kappa shape index (κ1) is 10.6. The van der Waals surface area contributed by atoms with E-state index in [0.717, 1.165) is 0 Å². The normalized spacial score (nSPS) is 10.2. The number of rotatable bonds is 6. The van der Waals surface area contributed by atoms with Crippen LogP contribution in [0.2, 0.25) is 0 Å². The highest BCUT2D eigenvalue weighted by atomic mass is 32.2. The first-order valence-electron chi connectivity index (χ1n) is 5.05. The molecule has 0 bridgehead atoms. The Kier molecular flexibility index (Phi) is 5.75. The molecule has 0 aliphatic heterocycles. The van der Waals surface area contributed by atoms with Crippen molar-refractivity contribution < 1.29 is 0 Å². The van der Waals surface area contributed by atoms with E-state index in [1.807, 2.05) is 0 Å². The van der Waals surface area contributed by atoms with Crippen molar-refractivity contribution in [2.75, 3.05) is 11.5 Å². The van der Waals surface area contributed by atoms with E-state index < -0.39 is 0 Å². The summed E-state index contributed by atoms with van der Waals surface area (Å²) in [4.78, 5) is 0. The van der Waals surface area contributed by atoms with Gasteiger partial charge in [-0.05, 0) is 29.9 Å². The van der Waals surface area contributed by atoms with Crippen molar-refractivity contribution in [2.24, 2.45) is 0 Å². The highest BCUT2D eigenvalue weighted by Crippen LogP contribution is 2.08. The predicted octanol–water partition coefficient (Wildman–Crippen LogP) is 3.76. The molecule has 0 saturated carbocycles. The van der Waals surface area contributed by atoms with E-state index >= 15 is 0 Å². The van der Waals surface area contributed by atoms with E-state index in [2.05, 4.69) is 49.0 Å². The van der Waals surface area contributed by atoms with Gasteiger partial charge < -0.3 is 0 Å². The maximum absolute atomic E-state index is 2.25. The van der Waals surface area contributed by atoms with Crippen molar-refractivity contribution in [3.05, 3.63) is 35.9 Å². The van der Waals surface area contributed by atoms with Gasteiger partial charge in [-0.3, -0.25) is 0 Å². The van der Waals surface area contributed by atoms with Crippen LogP contribution < -0.4 is 0 Å². The number of benzene rings is 1. The minimum atomic E-state index is 1.22. The van der Waals surface area contributed by atoms with Crippen LogP contribution in [0.15, 0.2) is 30.3 Å². The molecule has 1 heteroatoms. The van der Waals surface area contributed by atoms with Crippen molar-refractivity contribution in [1.29, 1.82) is 0 Å². The molecule has 0 saturated heterocycles. The number of thioether (sulfide) groups is 1. The van der Waals surface area contributed by atoms with Gasteiger partial charge in [0.05, 0.1) is 0 Å². The predicted molar refractivity (Wildman–Crippen MR) is 62.4 cm³/mol. The first-order valence-corrected chi connectivity index (χ1v) is 6.20. The smallest absolute Gasteiger partial charge is 0.00270 e. The lowest BCUT2D eigenvalue weighted by Gasteiger charge is -2.00. The molecule has 0 aliphatic carbocycles. The van der Waals surface area contributed by atoms with E-state index in [9.17, 15) is 0 Å². The molecule has 1 aromatic rings. The molecule has 0 fully saturated rings. The third kappa shape index (κ3) is 4.99. The van der Waals surface area contributed by atoms with Crippen molar-refractivity contribution >= 4 is 11.8 Å². The fourth-order valence-electron chi connectivity index (χ4n) is 1.18. The largest absolute Gasteiger partial charge is 0.162 e. The first-order chi connectivity index (χ1) is 6.43. The molecule has 0 unspecified atom stereocenters. The van der Waals surface area contributed by atoms with Crippen LogP contribution in [0, 0.1) is 0 Å². The standard InChI is InChI=1S/C12H18S/c1-2-3-10-13-11-9-12-7-5-4-6-8-12/h4-8H,2-3,9-11H2,1H3. The zero-order valence-electron chi connectivity index (χ0n) is 8.33. The summed E-state index contributed by atoms with van der Waals surface area (Å²) in [5.74, 6) is 2.59. The molecule has 0 atom stereocenters. The topological polar surface area (TPSA) is 0 Å². The summed E-state index contributed by atoms with van der Waals surface area (Å²) in [7, 11) is 0. The summed E-state index contributed by atoms with van der Waals surface area (Å²) in [5.41, 5.74) is 1.46. The van der Waals surface area contributed by atoms with Crippen molar-refractivity contribution in [3.63, 3.8) is 0 Å². The zero-order chi connectivity index (χ0) is 9.36. The van der Waals surface area contributed by atoms with Gasteiger partial charge >= 0.3 is 0 Å². The lowest BCUT2D eigenvalue weighted by atomic mass is 10.2. The van der Waals surface area contributed by atoms with Crippen molar-refractivity contribution in [2.45, 2.75) is 26.2 Å². The molecular formula is C12H18S. The van der Waals surface area contributed by atoms with E-state index in [4.69, 9.17) is 0 Å². The fourth-order valence-corrected chi connectivity index (χ4v) is 2.26. The Morgan fingerprint density at radius 1 is 1.08 bits per heavy atom. The van der Waals surface area contributed by atoms with Crippen LogP contribution in [-0.2, 0) is 6.42 Å². The van der Waals surface area contributed by atoms with E-state index in [1.54, 1.807) is 0 Å². The Balaban J connectivity index is 2.07. The fraction of sp³-hybridized carbons (Fsp3) is 0.500. The Bertz CT molecular complexity index is 206. The number of hydrogen-bond donors (Lipinski definition) is 0. The summed E-state index contributed by atoms with van der Waals surface area (Å²) in [6.07, 6.45) is 3.90. The zero-order valence-corrected chi connectivity index (χ0v) is 9.15. The van der Waals surface area contributed by atoms with Crippen molar-refractivity contribution in [3.8, 4) is 0 Å². The Labute approximate surface area is 85.7 Å². The SMILES string of the molecule is CCCCSCCc1ccccc1. The average molecular weight is 194 g/mol. The van der Waals surface area contributed by atoms with Gasteiger partial charge in [-0.15, -0.1) is 0 Å². The highest BCUT2D eigenvalue weighted by Gasteiger charge is 1.91. The minimum Gasteiger partial charge on any atom is -0.162 e. The van der Waals surface area contributed by atoms with Gasteiger partial charge in [-0.25, -0.2) is 0 Å². The summed E-state index contributed by atoms with van der Waals surface area (Å²) >= 11 is 2.07. The highest BCUT2D eigenvalue weighted by molar-refractivity contribution is 7.99. The molecule has 0 spiro atoms. The minimum absolute atomic E-state index is 1.22. The van der Waals surface area contributed by atoms with Gasteiger partial charge in [0.25, 0.3) is 0 Å².